The van der Waals surface area contributed by atoms with Gasteiger partial charge < -0.3 is 4.74 Å². The zero-order valence-electron chi connectivity index (χ0n) is 10.2. The molecule has 1 amide bonds. The molecule has 2 heterocycles. The van der Waals surface area contributed by atoms with E-state index in [9.17, 15) is 9.18 Å². The number of aryl methyl sites for hydroxylation is 1. The van der Waals surface area contributed by atoms with Crippen LogP contribution in [0.5, 0.6) is 0 Å². The van der Waals surface area contributed by atoms with E-state index in [0.29, 0.717) is 5.13 Å². The van der Waals surface area contributed by atoms with Crippen LogP contribution in [0.1, 0.15) is 35.9 Å². The van der Waals surface area contributed by atoms with Crippen LogP contribution in [0, 0.1) is 6.92 Å². The zero-order valence-corrected chi connectivity index (χ0v) is 11.0. The molecule has 1 fully saturated rings. The second-order valence-electron chi connectivity index (χ2n) is 4.17. The lowest BCUT2D eigenvalue weighted by Gasteiger charge is -2.21. The summed E-state index contributed by atoms with van der Waals surface area (Å²) >= 11 is 1.32. The van der Waals surface area contributed by atoms with E-state index >= 15 is 0 Å². The second kappa shape index (κ2) is 5.58. The van der Waals surface area contributed by atoms with Crippen molar-refractivity contribution < 1.29 is 13.9 Å². The first-order chi connectivity index (χ1) is 8.58. The Morgan fingerprint density at radius 3 is 3.00 bits per heavy atom. The maximum atomic E-state index is 12.6. The molecule has 4 nitrogen and oxygen atoms in total. The van der Waals surface area contributed by atoms with E-state index in [1.165, 1.54) is 11.3 Å². The number of nitrogens with zero attached hydrogens (tertiary/aromatic N) is 1. The third-order valence-electron chi connectivity index (χ3n) is 2.78. The Hall–Kier alpha value is -1.27. The van der Waals surface area contributed by atoms with Crippen LogP contribution in [-0.2, 0) is 9.53 Å². The molecule has 1 aromatic heterocycles. The number of nitrogens with one attached hydrogen (secondary N) is 1. The molecule has 98 valence electrons. The Labute approximate surface area is 109 Å². The normalized spacial score (nSPS) is 19.6. The van der Waals surface area contributed by atoms with E-state index in [4.69, 9.17) is 4.74 Å². The van der Waals surface area contributed by atoms with Gasteiger partial charge in [0, 0.05) is 11.5 Å². The molecule has 1 aliphatic heterocycles. The molecule has 1 unspecified atom stereocenters. The molecule has 0 radical (unpaired) electrons. The van der Waals surface area contributed by atoms with E-state index in [1.807, 2.05) is 6.92 Å². The maximum absolute atomic E-state index is 12.6. The predicted molar refractivity (Wildman–Crippen MR) is 68.3 cm³/mol. The highest BCUT2D eigenvalue weighted by Crippen LogP contribution is 2.33. The summed E-state index contributed by atoms with van der Waals surface area (Å²) in [7, 11) is 0. The van der Waals surface area contributed by atoms with Gasteiger partial charge in [-0.2, -0.15) is 0 Å². The number of halogens is 1. The van der Waals surface area contributed by atoms with Crippen LogP contribution in [0.2, 0.25) is 0 Å². The number of hydrogen-bond donors (Lipinski definition) is 1. The highest BCUT2D eigenvalue weighted by molar-refractivity contribution is 7.15. The molecule has 18 heavy (non-hydrogen) atoms. The molecule has 0 saturated carbocycles. The van der Waals surface area contributed by atoms with Crippen molar-refractivity contribution >= 4 is 22.4 Å². The number of anilines is 1. The monoisotopic (exact) mass is 270 g/mol. The predicted octanol–water partition coefficient (Wildman–Crippen LogP) is 3.11. The molecular formula is C12H15FN2O2S. The zero-order chi connectivity index (χ0) is 13.1. The molecule has 6 heteroatoms. The van der Waals surface area contributed by atoms with Crippen LogP contribution in [-0.4, -0.2) is 17.5 Å². The van der Waals surface area contributed by atoms with Crippen molar-refractivity contribution in [3.8, 4) is 0 Å². The van der Waals surface area contributed by atoms with Gasteiger partial charge in [-0.15, -0.1) is 11.3 Å². The lowest BCUT2D eigenvalue weighted by molar-refractivity contribution is -0.114. The molecule has 0 aliphatic carbocycles. The fourth-order valence-corrected chi connectivity index (χ4v) is 2.74. The number of rotatable bonds is 3. The number of amides is 1. The largest absolute Gasteiger partial charge is 0.372 e. The standard InChI is InChI=1S/C12H15FN2O2S/c1-7(13)11(16)15-12-14-10(8(2)18-12)9-5-3-4-6-17-9/h9H,1,3-6H2,2H3,(H,14,15,16). The van der Waals surface area contributed by atoms with Crippen LogP contribution in [0.4, 0.5) is 9.52 Å². The fraction of sp³-hybridized carbons (Fsp3) is 0.500. The van der Waals surface area contributed by atoms with Crippen LogP contribution in [0.25, 0.3) is 0 Å². The van der Waals surface area contributed by atoms with Gasteiger partial charge in [0.1, 0.15) is 6.10 Å². The molecule has 0 bridgehead atoms. The summed E-state index contributed by atoms with van der Waals surface area (Å²) in [6.45, 7) is 5.61. The molecule has 1 N–H and O–H groups in total. The summed E-state index contributed by atoms with van der Waals surface area (Å²) in [5, 5.41) is 2.77. The minimum absolute atomic E-state index is 0.00534. The molecule has 1 atom stereocenters. The van der Waals surface area contributed by atoms with Crippen molar-refractivity contribution in [2.75, 3.05) is 11.9 Å². The molecule has 1 saturated heterocycles. The SMILES string of the molecule is C=C(F)C(=O)Nc1nc(C2CCCCO2)c(C)s1. The van der Waals surface area contributed by atoms with Crippen molar-refractivity contribution in [1.82, 2.24) is 4.98 Å². The minimum atomic E-state index is -1.02. The molecule has 1 aliphatic rings. The molecule has 2 rings (SSSR count). The van der Waals surface area contributed by atoms with Crippen LogP contribution in [0.15, 0.2) is 12.4 Å². The fourth-order valence-electron chi connectivity index (χ4n) is 1.88. The van der Waals surface area contributed by atoms with Crippen molar-refractivity contribution in [1.29, 1.82) is 0 Å². The minimum Gasteiger partial charge on any atom is -0.372 e. The Morgan fingerprint density at radius 1 is 1.61 bits per heavy atom. The van der Waals surface area contributed by atoms with Crippen LogP contribution >= 0.6 is 11.3 Å². The van der Waals surface area contributed by atoms with Gasteiger partial charge in [-0.05, 0) is 26.2 Å². The van der Waals surface area contributed by atoms with Crippen molar-refractivity contribution in [3.63, 3.8) is 0 Å². The quantitative estimate of drug-likeness (QED) is 0.859. The molecule has 0 aromatic carbocycles. The van der Waals surface area contributed by atoms with Crippen LogP contribution in [0.3, 0.4) is 0 Å². The number of carbonyl (C=O) groups excluding carboxylic acids is 1. The summed E-state index contributed by atoms with van der Waals surface area (Å²) in [6.07, 6.45) is 3.12. The van der Waals surface area contributed by atoms with Gasteiger partial charge in [0.05, 0.1) is 5.69 Å². The summed E-state index contributed by atoms with van der Waals surface area (Å²) in [5.41, 5.74) is 0.847. The Kier molecular flexibility index (Phi) is 4.08. The van der Waals surface area contributed by atoms with Crippen molar-refractivity contribution in [2.45, 2.75) is 32.3 Å². The lowest BCUT2D eigenvalue weighted by atomic mass is 10.1. The summed E-state index contributed by atoms with van der Waals surface area (Å²) in [5.74, 6) is -1.86. The summed E-state index contributed by atoms with van der Waals surface area (Å²) in [6, 6.07) is 0. The topological polar surface area (TPSA) is 51.2 Å². The van der Waals surface area contributed by atoms with Gasteiger partial charge in [-0.25, -0.2) is 9.37 Å². The number of aromatic nitrogens is 1. The molecule has 0 spiro atoms. The highest BCUT2D eigenvalue weighted by Gasteiger charge is 2.22. The van der Waals surface area contributed by atoms with E-state index in [2.05, 4.69) is 16.9 Å². The second-order valence-corrected chi connectivity index (χ2v) is 5.38. The first-order valence-electron chi connectivity index (χ1n) is 5.82. The van der Waals surface area contributed by atoms with E-state index in [0.717, 1.165) is 36.4 Å². The third kappa shape index (κ3) is 2.94. The van der Waals surface area contributed by atoms with Gasteiger partial charge in [-0.1, -0.05) is 6.58 Å². The highest BCUT2D eigenvalue weighted by atomic mass is 32.1. The lowest BCUT2D eigenvalue weighted by Crippen LogP contribution is -2.14. The van der Waals surface area contributed by atoms with E-state index < -0.39 is 11.7 Å². The summed E-state index contributed by atoms with van der Waals surface area (Å²) < 4.78 is 18.2. The Morgan fingerprint density at radius 2 is 2.39 bits per heavy atom. The van der Waals surface area contributed by atoms with Crippen molar-refractivity contribution in [3.05, 3.63) is 23.0 Å². The third-order valence-corrected chi connectivity index (χ3v) is 3.69. The van der Waals surface area contributed by atoms with Crippen molar-refractivity contribution in [2.24, 2.45) is 0 Å². The molecular weight excluding hydrogens is 255 g/mol. The average Bonchev–Trinajstić information content (AvgIpc) is 2.71. The first kappa shape index (κ1) is 13.2. The Balaban J connectivity index is 2.11. The number of ether oxygens (including phenoxy) is 1. The van der Waals surface area contributed by atoms with Gasteiger partial charge >= 0.3 is 0 Å². The van der Waals surface area contributed by atoms with Gasteiger partial charge in [0.25, 0.3) is 5.91 Å². The number of thiazole rings is 1. The van der Waals surface area contributed by atoms with Gasteiger partial charge in [0.2, 0.25) is 0 Å². The maximum Gasteiger partial charge on any atom is 0.285 e. The summed E-state index contributed by atoms with van der Waals surface area (Å²) in [4.78, 5) is 16.5. The first-order valence-corrected chi connectivity index (χ1v) is 6.64. The van der Waals surface area contributed by atoms with Gasteiger partial charge in [0.15, 0.2) is 11.0 Å². The smallest absolute Gasteiger partial charge is 0.285 e. The van der Waals surface area contributed by atoms with E-state index in [-0.39, 0.29) is 6.10 Å². The van der Waals surface area contributed by atoms with Gasteiger partial charge in [-0.3, -0.25) is 10.1 Å². The molecule has 1 aromatic rings. The van der Waals surface area contributed by atoms with E-state index in [1.54, 1.807) is 0 Å². The number of carbonyl (C=O) groups is 1. The Bertz CT molecular complexity index is 467. The average molecular weight is 270 g/mol. The van der Waals surface area contributed by atoms with Crippen LogP contribution < -0.4 is 5.32 Å². The number of hydrogen-bond acceptors (Lipinski definition) is 4.